The van der Waals surface area contributed by atoms with Crippen LogP contribution >= 0.6 is 0 Å². The van der Waals surface area contributed by atoms with E-state index in [1.807, 2.05) is 0 Å². The van der Waals surface area contributed by atoms with Crippen molar-refractivity contribution >= 4 is 23.6 Å². The minimum Gasteiger partial charge on any atom is -0.507 e. The molecule has 0 atom stereocenters. The average molecular weight is 456 g/mol. The lowest BCUT2D eigenvalue weighted by Gasteiger charge is -2.26. The average Bonchev–Trinajstić information content (AvgIpc) is 3.41. The highest BCUT2D eigenvalue weighted by Gasteiger charge is 2.26. The minimum atomic E-state index is -0.676. The monoisotopic (exact) mass is 456 g/mol. The fourth-order valence-corrected chi connectivity index (χ4v) is 3.43. The van der Waals surface area contributed by atoms with Crippen LogP contribution in [0.25, 0.3) is 5.82 Å². The number of rotatable bonds is 7. The van der Waals surface area contributed by atoms with Crippen molar-refractivity contribution in [3.05, 3.63) is 45.3 Å². The van der Waals surface area contributed by atoms with E-state index >= 15 is 0 Å². The van der Waals surface area contributed by atoms with E-state index in [0.29, 0.717) is 12.2 Å². The summed E-state index contributed by atoms with van der Waals surface area (Å²) in [6, 6.07) is 3.45. The van der Waals surface area contributed by atoms with Crippen LogP contribution in [-0.4, -0.2) is 65.4 Å². The van der Waals surface area contributed by atoms with Gasteiger partial charge in [0, 0.05) is 24.2 Å². The SMILES string of the molecule is Nc1nonc1-n1nnc(C(=O)NN=Cc2cc([N+](=O)[O-])ccc2O)c1CN1CCCCC1. The summed E-state index contributed by atoms with van der Waals surface area (Å²) in [7, 11) is 0. The number of nitrogen functional groups attached to an aromatic ring is 1. The van der Waals surface area contributed by atoms with Crippen LogP contribution in [0.2, 0.25) is 0 Å². The number of benzene rings is 1. The Kier molecular flexibility index (Phi) is 6.21. The number of hydrogen-bond acceptors (Lipinski definition) is 12. The molecule has 1 aliphatic heterocycles. The summed E-state index contributed by atoms with van der Waals surface area (Å²) in [6.07, 6.45) is 4.30. The van der Waals surface area contributed by atoms with E-state index in [9.17, 15) is 20.0 Å². The van der Waals surface area contributed by atoms with Gasteiger partial charge in [0.05, 0.1) is 16.8 Å². The van der Waals surface area contributed by atoms with Gasteiger partial charge in [0.2, 0.25) is 11.6 Å². The first-order chi connectivity index (χ1) is 15.9. The molecule has 1 saturated heterocycles. The smallest absolute Gasteiger partial charge is 0.293 e. The third-order valence-corrected chi connectivity index (χ3v) is 5.09. The van der Waals surface area contributed by atoms with Crippen LogP contribution in [0.3, 0.4) is 0 Å². The second kappa shape index (κ2) is 9.39. The van der Waals surface area contributed by atoms with Gasteiger partial charge in [0.25, 0.3) is 11.6 Å². The van der Waals surface area contributed by atoms with E-state index in [1.165, 1.54) is 10.7 Å². The number of carbonyl (C=O) groups excluding carboxylic acids is 1. The Morgan fingerprint density at radius 1 is 1.33 bits per heavy atom. The molecule has 0 aliphatic carbocycles. The molecular weight excluding hydrogens is 436 g/mol. The number of nitro groups is 1. The zero-order chi connectivity index (χ0) is 23.4. The molecule has 1 aromatic carbocycles. The quantitative estimate of drug-likeness (QED) is 0.255. The van der Waals surface area contributed by atoms with Gasteiger partial charge in [0.15, 0.2) is 5.69 Å². The molecule has 33 heavy (non-hydrogen) atoms. The largest absolute Gasteiger partial charge is 0.507 e. The van der Waals surface area contributed by atoms with Crippen molar-refractivity contribution in [2.45, 2.75) is 25.8 Å². The molecule has 1 amide bonds. The molecule has 3 heterocycles. The van der Waals surface area contributed by atoms with Crippen molar-refractivity contribution in [1.29, 1.82) is 0 Å². The van der Waals surface area contributed by atoms with Crippen molar-refractivity contribution in [3.8, 4) is 11.6 Å². The summed E-state index contributed by atoms with van der Waals surface area (Å²) in [6.45, 7) is 2.06. The molecule has 0 unspecified atom stereocenters. The summed E-state index contributed by atoms with van der Waals surface area (Å²) >= 11 is 0. The number of nitro benzene ring substituents is 1. The molecule has 3 aromatic rings. The lowest BCUT2D eigenvalue weighted by Crippen LogP contribution is -2.31. The topological polar surface area (TPSA) is 204 Å². The predicted octanol–water partition coefficient (Wildman–Crippen LogP) is 0.596. The molecule has 15 heteroatoms. The molecule has 4 N–H and O–H groups in total. The molecule has 15 nitrogen and oxygen atoms in total. The van der Waals surface area contributed by atoms with Crippen LogP contribution in [-0.2, 0) is 6.54 Å². The maximum atomic E-state index is 12.8. The Morgan fingerprint density at radius 2 is 2.12 bits per heavy atom. The minimum absolute atomic E-state index is 0.00841. The number of carbonyl (C=O) groups is 1. The molecule has 172 valence electrons. The van der Waals surface area contributed by atoms with Crippen molar-refractivity contribution < 1.29 is 19.5 Å². The first kappa shape index (κ1) is 21.8. The van der Waals surface area contributed by atoms with Crippen LogP contribution in [0.4, 0.5) is 11.5 Å². The van der Waals surface area contributed by atoms with Crippen molar-refractivity contribution in [3.63, 3.8) is 0 Å². The van der Waals surface area contributed by atoms with Gasteiger partial charge >= 0.3 is 0 Å². The van der Waals surface area contributed by atoms with Gasteiger partial charge in [-0.05, 0) is 42.3 Å². The van der Waals surface area contributed by atoms with Crippen LogP contribution < -0.4 is 11.2 Å². The molecule has 1 fully saturated rings. The highest BCUT2D eigenvalue weighted by atomic mass is 16.6. The number of nitrogens with two attached hydrogens (primary N) is 1. The number of piperidine rings is 1. The Labute approximate surface area is 186 Å². The maximum Gasteiger partial charge on any atom is 0.293 e. The number of likely N-dealkylation sites (tertiary alicyclic amines) is 1. The van der Waals surface area contributed by atoms with Crippen LogP contribution in [0.1, 0.15) is 41.0 Å². The lowest BCUT2D eigenvalue weighted by atomic mass is 10.1. The Balaban J connectivity index is 1.57. The van der Waals surface area contributed by atoms with Gasteiger partial charge in [-0.25, -0.2) is 10.1 Å². The van der Waals surface area contributed by atoms with Crippen LogP contribution in [0.15, 0.2) is 27.9 Å². The summed E-state index contributed by atoms with van der Waals surface area (Å²) in [5.74, 6) is -0.807. The van der Waals surface area contributed by atoms with Gasteiger partial charge in [-0.2, -0.15) is 9.78 Å². The van der Waals surface area contributed by atoms with E-state index in [0.717, 1.165) is 50.7 Å². The van der Waals surface area contributed by atoms with Crippen LogP contribution in [0.5, 0.6) is 5.75 Å². The molecular formula is C18H20N10O5. The third kappa shape index (κ3) is 4.77. The number of nitrogens with zero attached hydrogens (tertiary/aromatic N) is 8. The molecule has 0 saturated carbocycles. The van der Waals surface area contributed by atoms with Crippen LogP contribution in [0, 0.1) is 10.1 Å². The second-order valence-electron chi connectivity index (χ2n) is 7.31. The first-order valence-electron chi connectivity index (χ1n) is 10.00. The van der Waals surface area contributed by atoms with E-state index in [-0.39, 0.29) is 34.3 Å². The third-order valence-electron chi connectivity index (χ3n) is 5.09. The number of aromatic hydroxyl groups is 1. The first-order valence-corrected chi connectivity index (χ1v) is 10.00. The normalized spacial score (nSPS) is 14.5. The zero-order valence-electron chi connectivity index (χ0n) is 17.3. The Morgan fingerprint density at radius 3 is 2.82 bits per heavy atom. The van der Waals surface area contributed by atoms with Gasteiger partial charge in [-0.15, -0.1) is 5.10 Å². The number of hydrogen-bond donors (Lipinski definition) is 3. The summed E-state index contributed by atoms with van der Waals surface area (Å²) < 4.78 is 5.94. The van der Waals surface area contributed by atoms with E-state index < -0.39 is 10.8 Å². The Hall–Kier alpha value is -4.40. The van der Waals surface area contributed by atoms with E-state index in [2.05, 4.69) is 40.7 Å². The van der Waals surface area contributed by atoms with E-state index in [1.54, 1.807) is 0 Å². The number of hydrazone groups is 1. The fraction of sp³-hybridized carbons (Fsp3) is 0.333. The molecule has 2 aromatic heterocycles. The standard InChI is InChI=1S/C18H20N10O5/c19-16-17(24-33-23-16)27-13(10-26-6-2-1-3-7-26)15(21-25-27)18(30)22-20-9-11-8-12(28(31)32)4-5-14(11)29/h4-5,8-9,29H,1-3,6-7,10H2,(H2,19,23)(H,22,30). The number of anilines is 1. The summed E-state index contributed by atoms with van der Waals surface area (Å²) in [5, 5.41) is 39.8. The molecule has 0 radical (unpaired) electrons. The fourth-order valence-electron chi connectivity index (χ4n) is 3.43. The van der Waals surface area contributed by atoms with Gasteiger partial charge in [-0.1, -0.05) is 11.6 Å². The molecule has 1 aliphatic rings. The van der Waals surface area contributed by atoms with Crippen molar-refractivity contribution in [2.75, 3.05) is 18.8 Å². The van der Waals surface area contributed by atoms with Gasteiger partial charge in [0.1, 0.15) is 5.75 Å². The number of nitrogens with one attached hydrogen (secondary N) is 1. The number of aromatic nitrogens is 5. The van der Waals surface area contributed by atoms with E-state index in [4.69, 9.17) is 5.73 Å². The van der Waals surface area contributed by atoms with Crippen molar-refractivity contribution in [2.24, 2.45) is 5.10 Å². The highest BCUT2D eigenvalue weighted by Crippen LogP contribution is 2.22. The van der Waals surface area contributed by atoms with Gasteiger partial charge < -0.3 is 10.8 Å². The van der Waals surface area contributed by atoms with Crippen molar-refractivity contribution in [1.82, 2.24) is 35.6 Å². The summed E-state index contributed by atoms with van der Waals surface area (Å²) in [5.41, 5.74) is 8.32. The number of non-ortho nitro benzene ring substituents is 1. The lowest BCUT2D eigenvalue weighted by molar-refractivity contribution is -0.384. The molecule has 0 spiro atoms. The predicted molar refractivity (Wildman–Crippen MR) is 113 cm³/mol. The highest BCUT2D eigenvalue weighted by molar-refractivity contribution is 5.94. The number of amides is 1. The zero-order valence-corrected chi connectivity index (χ0v) is 17.3. The molecule has 4 rings (SSSR count). The van der Waals surface area contributed by atoms with Gasteiger partial charge in [-0.3, -0.25) is 19.8 Å². The summed E-state index contributed by atoms with van der Waals surface area (Å²) in [4.78, 5) is 25.3. The number of phenolic OH excluding ortho intramolecular Hbond substituents is 1. The molecule has 0 bridgehead atoms. The second-order valence-corrected chi connectivity index (χ2v) is 7.31. The maximum absolute atomic E-state index is 12.8. The Bertz CT molecular complexity index is 1200. The number of phenols is 1.